The molecule has 1 heterocycles. The van der Waals surface area contributed by atoms with Crippen molar-refractivity contribution in [1.29, 1.82) is 0 Å². The van der Waals surface area contributed by atoms with Crippen molar-refractivity contribution in [2.24, 2.45) is 0 Å². The quantitative estimate of drug-likeness (QED) is 0.645. The molecule has 0 radical (unpaired) electrons. The van der Waals surface area contributed by atoms with Crippen LogP contribution in [0, 0.1) is 6.92 Å². The highest BCUT2D eigenvalue weighted by Gasteiger charge is 2.09. The Hall–Kier alpha value is -2.28. The molecule has 6 nitrogen and oxygen atoms in total. The molecule has 0 spiro atoms. The van der Waals surface area contributed by atoms with Gasteiger partial charge in [0.2, 0.25) is 5.91 Å². The van der Waals surface area contributed by atoms with Gasteiger partial charge in [-0.05, 0) is 31.0 Å². The van der Waals surface area contributed by atoms with Crippen LogP contribution < -0.4 is 19.7 Å². The Bertz CT molecular complexity index is 782. The van der Waals surface area contributed by atoms with Crippen molar-refractivity contribution in [3.05, 3.63) is 44.5 Å². The summed E-state index contributed by atoms with van der Waals surface area (Å²) in [6, 6.07) is 5.65. The number of rotatable bonds is 10. The maximum Gasteiger partial charge on any atom is 0.307 e. The fraction of sp³-hybridized carbons (Fsp3) is 0.474. The fourth-order valence-corrected chi connectivity index (χ4v) is 3.21. The summed E-state index contributed by atoms with van der Waals surface area (Å²) >= 11 is 1.16. The van der Waals surface area contributed by atoms with Crippen LogP contribution in [0.3, 0.4) is 0 Å². The van der Waals surface area contributed by atoms with Gasteiger partial charge in [0.25, 0.3) is 0 Å². The Morgan fingerprint density at radius 3 is 2.77 bits per heavy atom. The topological polar surface area (TPSA) is 69.6 Å². The molecule has 0 unspecified atom stereocenters. The highest BCUT2D eigenvalue weighted by atomic mass is 32.1. The second-order valence-corrected chi connectivity index (χ2v) is 6.83. The maximum atomic E-state index is 12.1. The summed E-state index contributed by atoms with van der Waals surface area (Å²) in [5, 5.41) is 4.68. The Morgan fingerprint density at radius 1 is 1.31 bits per heavy atom. The van der Waals surface area contributed by atoms with Crippen molar-refractivity contribution >= 4 is 17.2 Å². The first-order chi connectivity index (χ1) is 12.5. The number of amides is 1. The summed E-state index contributed by atoms with van der Waals surface area (Å²) in [5.41, 5.74) is 1.82. The van der Waals surface area contributed by atoms with Crippen molar-refractivity contribution in [1.82, 2.24) is 9.88 Å². The van der Waals surface area contributed by atoms with Crippen molar-refractivity contribution in [2.45, 2.75) is 46.2 Å². The Kier molecular flexibility index (Phi) is 7.72. The van der Waals surface area contributed by atoms with Crippen LogP contribution in [0.2, 0.25) is 0 Å². The minimum atomic E-state index is -0.0928. The minimum Gasteiger partial charge on any atom is -0.493 e. The standard InChI is InChI=1S/C19H26N2O4S/c1-4-5-10-25-16-7-6-15(11-17(16)24-3)12-20-18(22)8-9-21-14(2)13-26-19(21)23/h6-7,11,13H,4-5,8-10,12H2,1-3H3,(H,20,22). The molecule has 0 aliphatic heterocycles. The number of aryl methyl sites for hydroxylation is 1. The van der Waals surface area contributed by atoms with Gasteiger partial charge in [0.1, 0.15) is 0 Å². The third-order valence-electron chi connectivity index (χ3n) is 4.01. The zero-order valence-corrected chi connectivity index (χ0v) is 16.4. The average Bonchev–Trinajstić information content (AvgIpc) is 2.97. The summed E-state index contributed by atoms with van der Waals surface area (Å²) in [4.78, 5) is 23.7. The third-order valence-corrected chi connectivity index (χ3v) is 4.89. The molecule has 26 heavy (non-hydrogen) atoms. The van der Waals surface area contributed by atoms with Crippen LogP contribution in [-0.2, 0) is 17.9 Å². The number of unbranched alkanes of at least 4 members (excludes halogenated alkanes) is 1. The van der Waals surface area contributed by atoms with Gasteiger partial charge in [0.05, 0.1) is 13.7 Å². The highest BCUT2D eigenvalue weighted by molar-refractivity contribution is 7.07. The summed E-state index contributed by atoms with van der Waals surface area (Å²) < 4.78 is 12.7. The molecule has 2 rings (SSSR count). The Labute approximate surface area is 157 Å². The number of nitrogens with one attached hydrogen (secondary N) is 1. The maximum absolute atomic E-state index is 12.1. The largest absolute Gasteiger partial charge is 0.493 e. The molecule has 1 amide bonds. The molecule has 7 heteroatoms. The van der Waals surface area contributed by atoms with Gasteiger partial charge in [0.15, 0.2) is 11.5 Å². The molecule has 0 fully saturated rings. The van der Waals surface area contributed by atoms with Crippen LogP contribution in [0.15, 0.2) is 28.4 Å². The van der Waals surface area contributed by atoms with Crippen LogP contribution in [0.4, 0.5) is 0 Å². The van der Waals surface area contributed by atoms with Crippen molar-refractivity contribution in [2.75, 3.05) is 13.7 Å². The van der Waals surface area contributed by atoms with Gasteiger partial charge in [-0.15, -0.1) is 0 Å². The van der Waals surface area contributed by atoms with E-state index in [0.29, 0.717) is 31.2 Å². The van der Waals surface area contributed by atoms with Crippen LogP contribution in [0.1, 0.15) is 37.4 Å². The monoisotopic (exact) mass is 378 g/mol. The van der Waals surface area contributed by atoms with Gasteiger partial charge in [-0.25, -0.2) is 0 Å². The van der Waals surface area contributed by atoms with E-state index in [-0.39, 0.29) is 17.2 Å². The van der Waals surface area contributed by atoms with Crippen molar-refractivity contribution < 1.29 is 14.3 Å². The molecule has 1 aromatic heterocycles. The molecule has 2 aromatic rings. The Balaban J connectivity index is 1.86. The van der Waals surface area contributed by atoms with Gasteiger partial charge in [-0.3, -0.25) is 9.59 Å². The zero-order chi connectivity index (χ0) is 18.9. The van der Waals surface area contributed by atoms with E-state index in [9.17, 15) is 9.59 Å². The van der Waals surface area contributed by atoms with Crippen LogP contribution >= 0.6 is 11.3 Å². The number of benzene rings is 1. The lowest BCUT2D eigenvalue weighted by Gasteiger charge is -2.12. The Morgan fingerprint density at radius 2 is 2.12 bits per heavy atom. The highest BCUT2D eigenvalue weighted by Crippen LogP contribution is 2.28. The van der Waals surface area contributed by atoms with E-state index in [4.69, 9.17) is 9.47 Å². The van der Waals surface area contributed by atoms with E-state index < -0.39 is 0 Å². The number of methoxy groups -OCH3 is 1. The van der Waals surface area contributed by atoms with Crippen LogP contribution in [0.5, 0.6) is 11.5 Å². The summed E-state index contributed by atoms with van der Waals surface area (Å²) in [6.45, 7) is 5.44. The molecule has 0 saturated heterocycles. The number of nitrogens with zero attached hydrogens (tertiary/aromatic N) is 1. The summed E-state index contributed by atoms with van der Waals surface area (Å²) in [5.74, 6) is 1.28. The molecule has 142 valence electrons. The van der Waals surface area contributed by atoms with Crippen molar-refractivity contribution in [3.63, 3.8) is 0 Å². The number of carbonyl (C=O) groups excluding carboxylic acids is 1. The average molecular weight is 378 g/mol. The van der Waals surface area contributed by atoms with E-state index in [1.807, 2.05) is 25.1 Å². The molecular weight excluding hydrogens is 352 g/mol. The van der Waals surface area contributed by atoms with Gasteiger partial charge in [0, 0.05) is 30.6 Å². The number of thiazole rings is 1. The van der Waals surface area contributed by atoms with Gasteiger partial charge in [-0.1, -0.05) is 30.7 Å². The first kappa shape index (κ1) is 20.0. The molecule has 0 saturated carbocycles. The van der Waals surface area contributed by atoms with Crippen LogP contribution in [0.25, 0.3) is 0 Å². The third kappa shape index (κ3) is 5.62. The molecule has 0 aliphatic carbocycles. The second kappa shape index (κ2) is 10.0. The first-order valence-electron chi connectivity index (χ1n) is 8.76. The fourth-order valence-electron chi connectivity index (χ4n) is 2.44. The summed E-state index contributed by atoms with van der Waals surface area (Å²) in [6.07, 6.45) is 2.34. The molecule has 0 aliphatic rings. The lowest BCUT2D eigenvalue weighted by Crippen LogP contribution is -2.26. The SMILES string of the molecule is CCCCOc1ccc(CNC(=O)CCn2c(C)csc2=O)cc1OC. The summed E-state index contributed by atoms with van der Waals surface area (Å²) in [7, 11) is 1.60. The number of carbonyl (C=O) groups is 1. The molecule has 1 aromatic carbocycles. The van der Waals surface area contributed by atoms with Crippen LogP contribution in [-0.4, -0.2) is 24.2 Å². The molecule has 1 N–H and O–H groups in total. The zero-order valence-electron chi connectivity index (χ0n) is 15.5. The number of ether oxygens (including phenoxy) is 2. The van der Waals surface area contributed by atoms with E-state index in [2.05, 4.69) is 12.2 Å². The molecule has 0 atom stereocenters. The van der Waals surface area contributed by atoms with E-state index >= 15 is 0 Å². The lowest BCUT2D eigenvalue weighted by molar-refractivity contribution is -0.121. The molecule has 0 bridgehead atoms. The smallest absolute Gasteiger partial charge is 0.307 e. The van der Waals surface area contributed by atoms with Gasteiger partial charge in [-0.2, -0.15) is 0 Å². The second-order valence-electron chi connectivity index (χ2n) is 6.01. The minimum absolute atomic E-state index is 0.0290. The first-order valence-corrected chi connectivity index (χ1v) is 9.64. The predicted octanol–water partition coefficient (Wildman–Crippen LogP) is 3.11. The van der Waals surface area contributed by atoms with E-state index in [1.165, 1.54) is 0 Å². The lowest BCUT2D eigenvalue weighted by atomic mass is 10.2. The van der Waals surface area contributed by atoms with Crippen molar-refractivity contribution in [3.8, 4) is 11.5 Å². The van der Waals surface area contributed by atoms with E-state index in [1.54, 1.807) is 17.1 Å². The van der Waals surface area contributed by atoms with Gasteiger partial charge >= 0.3 is 4.87 Å². The van der Waals surface area contributed by atoms with E-state index in [0.717, 1.165) is 35.4 Å². The number of hydrogen-bond acceptors (Lipinski definition) is 5. The normalized spacial score (nSPS) is 10.6. The predicted molar refractivity (Wildman–Crippen MR) is 103 cm³/mol. The number of hydrogen-bond donors (Lipinski definition) is 1. The number of aromatic nitrogens is 1. The molecular formula is C19H26N2O4S. The van der Waals surface area contributed by atoms with Gasteiger partial charge < -0.3 is 19.4 Å².